The second kappa shape index (κ2) is 6.06. The summed E-state index contributed by atoms with van der Waals surface area (Å²) in [5.74, 6) is 0.302. The third-order valence-corrected chi connectivity index (χ3v) is 4.05. The molecule has 0 radical (unpaired) electrons. The highest BCUT2D eigenvalue weighted by atomic mass is 32.2. The van der Waals surface area contributed by atoms with Crippen molar-refractivity contribution in [3.05, 3.63) is 24.3 Å². The number of benzene rings is 1. The van der Waals surface area contributed by atoms with Gasteiger partial charge >= 0.3 is 6.03 Å². The Balaban J connectivity index is 2.87. The molecule has 0 aromatic heterocycles. The Kier molecular flexibility index (Phi) is 4.94. The minimum atomic E-state index is -3.37. The van der Waals surface area contributed by atoms with Crippen molar-refractivity contribution >= 4 is 21.6 Å². The SMILES string of the molecule is CC(C)C(C)NC(=O)Nc1ccccc1S(C)(=O)=O. The van der Waals surface area contributed by atoms with E-state index in [4.69, 9.17) is 0 Å². The molecule has 0 aliphatic carbocycles. The van der Waals surface area contributed by atoms with Crippen molar-refractivity contribution in [2.45, 2.75) is 31.7 Å². The van der Waals surface area contributed by atoms with Gasteiger partial charge in [0, 0.05) is 12.3 Å². The molecule has 0 bridgehead atoms. The van der Waals surface area contributed by atoms with Crippen LogP contribution in [0.15, 0.2) is 29.2 Å². The lowest BCUT2D eigenvalue weighted by Crippen LogP contribution is -2.39. The van der Waals surface area contributed by atoms with Gasteiger partial charge in [0.2, 0.25) is 0 Å². The molecule has 1 aromatic rings. The van der Waals surface area contributed by atoms with Crippen molar-refractivity contribution < 1.29 is 13.2 Å². The Morgan fingerprint density at radius 2 is 1.74 bits per heavy atom. The molecule has 2 amide bonds. The van der Waals surface area contributed by atoms with Crippen LogP contribution in [-0.4, -0.2) is 26.7 Å². The molecule has 19 heavy (non-hydrogen) atoms. The van der Waals surface area contributed by atoms with E-state index in [0.717, 1.165) is 6.26 Å². The van der Waals surface area contributed by atoms with Gasteiger partial charge in [0.15, 0.2) is 9.84 Å². The molecule has 0 aliphatic heterocycles. The van der Waals surface area contributed by atoms with Crippen LogP contribution >= 0.6 is 0 Å². The summed E-state index contributed by atoms with van der Waals surface area (Å²) in [6.07, 6.45) is 1.11. The second-order valence-electron chi connectivity index (χ2n) is 4.90. The van der Waals surface area contributed by atoms with E-state index in [1.807, 2.05) is 20.8 Å². The van der Waals surface area contributed by atoms with Gasteiger partial charge < -0.3 is 10.6 Å². The summed E-state index contributed by atoms with van der Waals surface area (Å²) in [6.45, 7) is 5.89. The normalized spacial score (nSPS) is 13.1. The molecule has 1 aromatic carbocycles. The molecule has 1 rings (SSSR count). The van der Waals surface area contributed by atoms with Crippen LogP contribution in [0.1, 0.15) is 20.8 Å². The van der Waals surface area contributed by atoms with Crippen LogP contribution in [0, 0.1) is 5.92 Å². The Morgan fingerprint density at radius 3 is 2.26 bits per heavy atom. The summed E-state index contributed by atoms with van der Waals surface area (Å²) in [6, 6.07) is 5.93. The van der Waals surface area contributed by atoms with Gasteiger partial charge in [-0.25, -0.2) is 13.2 Å². The summed E-state index contributed by atoms with van der Waals surface area (Å²) < 4.78 is 23.2. The molecule has 0 saturated heterocycles. The summed E-state index contributed by atoms with van der Waals surface area (Å²) in [4.78, 5) is 11.9. The molecule has 2 N–H and O–H groups in total. The predicted octanol–water partition coefficient (Wildman–Crippen LogP) is 2.26. The highest BCUT2D eigenvalue weighted by molar-refractivity contribution is 7.90. The molecule has 106 valence electrons. The minimum absolute atomic E-state index is 0.00500. The van der Waals surface area contributed by atoms with Crippen LogP contribution in [0.2, 0.25) is 0 Å². The lowest BCUT2D eigenvalue weighted by molar-refractivity contribution is 0.246. The zero-order valence-electron chi connectivity index (χ0n) is 11.6. The third-order valence-electron chi connectivity index (χ3n) is 2.89. The number of sulfone groups is 1. The van der Waals surface area contributed by atoms with Gasteiger partial charge in [-0.15, -0.1) is 0 Å². The smallest absolute Gasteiger partial charge is 0.319 e. The average molecular weight is 284 g/mol. The van der Waals surface area contributed by atoms with E-state index >= 15 is 0 Å². The average Bonchev–Trinajstić information content (AvgIpc) is 2.27. The molecule has 0 spiro atoms. The zero-order valence-corrected chi connectivity index (χ0v) is 12.4. The highest BCUT2D eigenvalue weighted by Gasteiger charge is 2.16. The number of amides is 2. The second-order valence-corrected chi connectivity index (χ2v) is 6.88. The highest BCUT2D eigenvalue weighted by Crippen LogP contribution is 2.20. The van der Waals surface area contributed by atoms with Crippen LogP contribution in [0.5, 0.6) is 0 Å². The van der Waals surface area contributed by atoms with Gasteiger partial charge in [0.25, 0.3) is 0 Å². The third kappa shape index (κ3) is 4.55. The molecule has 1 atom stereocenters. The molecule has 0 aliphatic rings. The molecule has 0 heterocycles. The number of carbonyl (C=O) groups is 1. The molecule has 0 fully saturated rings. The summed E-state index contributed by atoms with van der Waals surface area (Å²) in [7, 11) is -3.37. The lowest BCUT2D eigenvalue weighted by atomic mass is 10.1. The Labute approximate surface area is 114 Å². The van der Waals surface area contributed by atoms with Gasteiger partial charge in [-0.1, -0.05) is 26.0 Å². The van der Waals surface area contributed by atoms with Gasteiger partial charge in [0.1, 0.15) is 0 Å². The van der Waals surface area contributed by atoms with Gasteiger partial charge in [-0.2, -0.15) is 0 Å². The number of anilines is 1. The number of rotatable bonds is 4. The molecule has 5 nitrogen and oxygen atoms in total. The topological polar surface area (TPSA) is 75.3 Å². The van der Waals surface area contributed by atoms with Gasteiger partial charge in [-0.3, -0.25) is 0 Å². The lowest BCUT2D eigenvalue weighted by Gasteiger charge is -2.18. The van der Waals surface area contributed by atoms with Gasteiger partial charge in [0.05, 0.1) is 10.6 Å². The van der Waals surface area contributed by atoms with Crippen molar-refractivity contribution in [3.63, 3.8) is 0 Å². The van der Waals surface area contributed by atoms with E-state index in [-0.39, 0.29) is 10.9 Å². The molecular formula is C13H20N2O3S. The summed E-state index contributed by atoms with van der Waals surface area (Å²) in [5.41, 5.74) is 0.290. The first-order chi connectivity index (χ1) is 8.71. The first kappa shape index (κ1) is 15.5. The van der Waals surface area contributed by atoms with E-state index in [2.05, 4.69) is 10.6 Å². The number of nitrogens with one attached hydrogen (secondary N) is 2. The van der Waals surface area contributed by atoms with E-state index in [9.17, 15) is 13.2 Å². The predicted molar refractivity (Wildman–Crippen MR) is 76.0 cm³/mol. The van der Waals surface area contributed by atoms with Crippen LogP contribution in [0.4, 0.5) is 10.5 Å². The van der Waals surface area contributed by atoms with Crippen LogP contribution in [0.25, 0.3) is 0 Å². The first-order valence-electron chi connectivity index (χ1n) is 6.08. The number of hydrogen-bond acceptors (Lipinski definition) is 3. The number of hydrogen-bond donors (Lipinski definition) is 2. The van der Waals surface area contributed by atoms with E-state index in [0.29, 0.717) is 11.6 Å². The van der Waals surface area contributed by atoms with Crippen LogP contribution in [-0.2, 0) is 9.84 Å². The van der Waals surface area contributed by atoms with Gasteiger partial charge in [-0.05, 0) is 25.0 Å². The van der Waals surface area contributed by atoms with Crippen LogP contribution < -0.4 is 10.6 Å². The Morgan fingerprint density at radius 1 is 1.16 bits per heavy atom. The van der Waals surface area contributed by atoms with E-state index < -0.39 is 15.9 Å². The van der Waals surface area contributed by atoms with Crippen molar-refractivity contribution in [2.75, 3.05) is 11.6 Å². The summed E-state index contributed by atoms with van der Waals surface area (Å²) in [5, 5.41) is 5.34. The summed E-state index contributed by atoms with van der Waals surface area (Å²) >= 11 is 0. The molecule has 0 saturated carbocycles. The van der Waals surface area contributed by atoms with Crippen molar-refractivity contribution in [1.29, 1.82) is 0 Å². The van der Waals surface area contributed by atoms with Crippen molar-refractivity contribution in [2.24, 2.45) is 5.92 Å². The Hall–Kier alpha value is -1.56. The number of carbonyl (C=O) groups excluding carboxylic acids is 1. The fourth-order valence-electron chi connectivity index (χ4n) is 1.43. The molecule has 6 heteroatoms. The fourth-order valence-corrected chi connectivity index (χ4v) is 2.27. The van der Waals surface area contributed by atoms with Crippen LogP contribution in [0.3, 0.4) is 0 Å². The largest absolute Gasteiger partial charge is 0.335 e. The fraction of sp³-hybridized carbons (Fsp3) is 0.462. The number of urea groups is 1. The molecular weight excluding hydrogens is 264 g/mol. The Bertz CT molecular complexity index is 553. The maximum Gasteiger partial charge on any atom is 0.319 e. The molecule has 1 unspecified atom stereocenters. The van der Waals surface area contributed by atoms with E-state index in [1.54, 1.807) is 18.2 Å². The maximum absolute atomic E-state index is 11.8. The van der Waals surface area contributed by atoms with Crippen molar-refractivity contribution in [1.82, 2.24) is 5.32 Å². The number of para-hydroxylation sites is 1. The monoisotopic (exact) mass is 284 g/mol. The van der Waals surface area contributed by atoms with E-state index in [1.165, 1.54) is 6.07 Å². The minimum Gasteiger partial charge on any atom is -0.335 e. The van der Waals surface area contributed by atoms with Crippen molar-refractivity contribution in [3.8, 4) is 0 Å². The zero-order chi connectivity index (χ0) is 14.6. The first-order valence-corrected chi connectivity index (χ1v) is 7.97. The quantitative estimate of drug-likeness (QED) is 0.890. The standard InChI is InChI=1S/C13H20N2O3S/c1-9(2)10(3)14-13(16)15-11-7-5-6-8-12(11)19(4,17)18/h5-10H,1-4H3,(H2,14,15,16). The maximum atomic E-state index is 11.8.